The van der Waals surface area contributed by atoms with Crippen LogP contribution in [0.25, 0.3) is 5.69 Å². The number of nitrogens with zero attached hydrogens (tertiary/aromatic N) is 3. The molecule has 0 saturated heterocycles. The summed E-state index contributed by atoms with van der Waals surface area (Å²) in [5.41, 5.74) is 1.97. The van der Waals surface area contributed by atoms with Crippen molar-refractivity contribution >= 4 is 10.0 Å². The number of benzene rings is 1. The van der Waals surface area contributed by atoms with Gasteiger partial charge in [-0.3, -0.25) is 0 Å². The maximum atomic E-state index is 13.8. The van der Waals surface area contributed by atoms with E-state index in [4.69, 9.17) is 0 Å². The van der Waals surface area contributed by atoms with Crippen molar-refractivity contribution in [2.45, 2.75) is 62.8 Å². The number of sulfonamides is 1. The Hall–Kier alpha value is -1.66. The molecule has 0 N–H and O–H groups in total. The fourth-order valence-corrected chi connectivity index (χ4v) is 8.55. The van der Waals surface area contributed by atoms with Crippen molar-refractivity contribution in [1.29, 1.82) is 0 Å². The highest BCUT2D eigenvalue weighted by Gasteiger charge is 2.55. The molecule has 4 aliphatic rings. The molecule has 4 fully saturated rings. The highest BCUT2D eigenvalue weighted by molar-refractivity contribution is 7.89. The van der Waals surface area contributed by atoms with Crippen molar-refractivity contribution in [2.24, 2.45) is 17.8 Å². The number of aromatic nitrogens is 2. The summed E-state index contributed by atoms with van der Waals surface area (Å²) in [6.07, 6.45) is 6.99. The standard InChI is InChI=1S/C22H29N3O2S/c1-15-21(16(2)25(23-15)20-7-5-4-6-8-20)28(26,27)24(3)22-12-17-9-18(13-22)11-19(10-17)14-22/h4-8,17-19H,9-14H2,1-3H3. The fourth-order valence-electron chi connectivity index (χ4n) is 6.66. The first-order valence-electron chi connectivity index (χ1n) is 10.4. The molecule has 150 valence electrons. The first-order chi connectivity index (χ1) is 13.3. The van der Waals surface area contributed by atoms with Crippen LogP contribution < -0.4 is 0 Å². The topological polar surface area (TPSA) is 55.2 Å². The largest absolute Gasteiger partial charge is 0.247 e. The Labute approximate surface area is 167 Å². The van der Waals surface area contributed by atoms with E-state index in [-0.39, 0.29) is 5.54 Å². The predicted molar refractivity (Wildman–Crippen MR) is 109 cm³/mol. The number of hydrogen-bond acceptors (Lipinski definition) is 3. The van der Waals surface area contributed by atoms with Crippen LogP contribution in [0, 0.1) is 31.6 Å². The molecule has 6 heteroatoms. The molecule has 4 aliphatic carbocycles. The van der Waals surface area contributed by atoms with Crippen LogP contribution in [0.1, 0.15) is 49.9 Å². The minimum absolute atomic E-state index is 0.193. The van der Waals surface area contributed by atoms with Crippen LogP contribution in [-0.4, -0.2) is 35.1 Å². The van der Waals surface area contributed by atoms with E-state index in [9.17, 15) is 8.42 Å². The lowest BCUT2D eigenvalue weighted by molar-refractivity contribution is -0.0496. The number of para-hydroxylation sites is 1. The summed E-state index contributed by atoms with van der Waals surface area (Å²) in [7, 11) is -1.78. The molecular formula is C22H29N3O2S. The SMILES string of the molecule is Cc1nn(-c2ccccc2)c(C)c1S(=O)(=O)N(C)C12CC3CC(CC(C3)C1)C2. The third-order valence-electron chi connectivity index (χ3n) is 7.52. The molecule has 6 rings (SSSR count). The monoisotopic (exact) mass is 399 g/mol. The smallest absolute Gasteiger partial charge is 0.236 e. The van der Waals surface area contributed by atoms with Crippen LogP contribution in [-0.2, 0) is 10.0 Å². The van der Waals surface area contributed by atoms with Gasteiger partial charge >= 0.3 is 0 Å². The maximum absolute atomic E-state index is 13.8. The summed E-state index contributed by atoms with van der Waals surface area (Å²) in [6.45, 7) is 3.68. The minimum atomic E-state index is -3.60. The molecule has 1 heterocycles. The molecular weight excluding hydrogens is 370 g/mol. The molecule has 28 heavy (non-hydrogen) atoms. The lowest BCUT2D eigenvalue weighted by Gasteiger charge is -2.59. The summed E-state index contributed by atoms with van der Waals surface area (Å²) in [5, 5.41) is 4.59. The minimum Gasteiger partial charge on any atom is -0.236 e. The Morgan fingerprint density at radius 2 is 1.54 bits per heavy atom. The molecule has 0 unspecified atom stereocenters. The second kappa shape index (κ2) is 6.17. The lowest BCUT2D eigenvalue weighted by Crippen LogP contribution is -2.60. The van der Waals surface area contributed by atoms with E-state index < -0.39 is 10.0 Å². The van der Waals surface area contributed by atoms with E-state index >= 15 is 0 Å². The van der Waals surface area contributed by atoms with E-state index in [0.717, 1.165) is 24.9 Å². The van der Waals surface area contributed by atoms with Gasteiger partial charge in [-0.1, -0.05) is 18.2 Å². The van der Waals surface area contributed by atoms with Gasteiger partial charge in [0.1, 0.15) is 4.90 Å². The van der Waals surface area contributed by atoms with Crippen molar-refractivity contribution in [3.05, 3.63) is 41.7 Å². The molecule has 0 radical (unpaired) electrons. The van der Waals surface area contributed by atoms with Crippen molar-refractivity contribution < 1.29 is 8.42 Å². The Morgan fingerprint density at radius 3 is 2.07 bits per heavy atom. The van der Waals surface area contributed by atoms with E-state index in [1.165, 1.54) is 19.3 Å². The van der Waals surface area contributed by atoms with Crippen LogP contribution in [0.5, 0.6) is 0 Å². The van der Waals surface area contributed by atoms with Gasteiger partial charge in [0.25, 0.3) is 0 Å². The van der Waals surface area contributed by atoms with Crippen LogP contribution in [0.4, 0.5) is 0 Å². The summed E-state index contributed by atoms with van der Waals surface area (Å²) < 4.78 is 31.1. The summed E-state index contributed by atoms with van der Waals surface area (Å²) in [6, 6.07) is 9.76. The molecule has 1 aromatic carbocycles. The number of hydrogen-bond donors (Lipinski definition) is 0. The van der Waals surface area contributed by atoms with Crippen molar-refractivity contribution in [1.82, 2.24) is 14.1 Å². The lowest BCUT2D eigenvalue weighted by atomic mass is 9.53. The highest BCUT2D eigenvalue weighted by Crippen LogP contribution is 2.58. The first-order valence-corrected chi connectivity index (χ1v) is 11.8. The summed E-state index contributed by atoms with van der Waals surface area (Å²) in [5.74, 6) is 2.12. The number of rotatable bonds is 4. The molecule has 0 atom stereocenters. The van der Waals surface area contributed by atoms with Crippen molar-refractivity contribution in [2.75, 3.05) is 7.05 Å². The van der Waals surface area contributed by atoms with Gasteiger partial charge in [-0.05, 0) is 82.3 Å². The molecule has 5 nitrogen and oxygen atoms in total. The van der Waals surface area contributed by atoms with Crippen molar-refractivity contribution in [3.8, 4) is 5.69 Å². The van der Waals surface area contributed by atoms with Crippen LogP contribution in [0.3, 0.4) is 0 Å². The Kier molecular flexibility index (Phi) is 4.05. The van der Waals surface area contributed by atoms with Gasteiger partial charge in [0.2, 0.25) is 10.0 Å². The zero-order valence-corrected chi connectivity index (χ0v) is 17.7. The molecule has 1 aromatic heterocycles. The summed E-state index contributed by atoms with van der Waals surface area (Å²) >= 11 is 0. The Bertz CT molecular complexity index is 975. The van der Waals surface area contributed by atoms with E-state index in [1.54, 1.807) is 8.99 Å². The third kappa shape index (κ3) is 2.61. The van der Waals surface area contributed by atoms with Crippen LogP contribution >= 0.6 is 0 Å². The van der Waals surface area contributed by atoms with Gasteiger partial charge in [-0.25, -0.2) is 13.1 Å². The first kappa shape index (κ1) is 18.4. The fraction of sp³-hybridized carbons (Fsp3) is 0.591. The van der Waals surface area contributed by atoms with Gasteiger partial charge in [-0.15, -0.1) is 0 Å². The van der Waals surface area contributed by atoms with Gasteiger partial charge in [0.15, 0.2) is 0 Å². The van der Waals surface area contributed by atoms with Crippen molar-refractivity contribution in [3.63, 3.8) is 0 Å². The number of aryl methyl sites for hydroxylation is 1. The zero-order valence-electron chi connectivity index (χ0n) is 16.9. The summed E-state index contributed by atoms with van der Waals surface area (Å²) in [4.78, 5) is 0.384. The highest BCUT2D eigenvalue weighted by atomic mass is 32.2. The van der Waals surface area contributed by atoms with Gasteiger partial charge in [0.05, 0.1) is 17.1 Å². The quantitative estimate of drug-likeness (QED) is 0.778. The van der Waals surface area contributed by atoms with E-state index in [0.29, 0.717) is 34.0 Å². The molecule has 0 amide bonds. The van der Waals surface area contributed by atoms with E-state index in [1.807, 2.05) is 51.2 Å². The predicted octanol–water partition coefficient (Wildman–Crippen LogP) is 4.08. The van der Waals surface area contributed by atoms with Gasteiger partial charge in [-0.2, -0.15) is 9.40 Å². The molecule has 0 spiro atoms. The average molecular weight is 400 g/mol. The molecule has 4 bridgehead atoms. The van der Waals surface area contributed by atoms with Crippen LogP contribution in [0.15, 0.2) is 35.2 Å². The normalized spacial score (nSPS) is 31.6. The third-order valence-corrected chi connectivity index (χ3v) is 9.73. The Morgan fingerprint density at radius 1 is 1.00 bits per heavy atom. The second-order valence-electron chi connectivity index (χ2n) is 9.36. The molecule has 0 aliphatic heterocycles. The van der Waals surface area contributed by atoms with Gasteiger partial charge < -0.3 is 0 Å². The Balaban J connectivity index is 1.55. The van der Waals surface area contributed by atoms with Gasteiger partial charge in [0, 0.05) is 12.6 Å². The zero-order chi connectivity index (χ0) is 19.7. The average Bonchev–Trinajstić information content (AvgIpc) is 2.95. The maximum Gasteiger partial charge on any atom is 0.247 e. The molecule has 2 aromatic rings. The molecule has 4 saturated carbocycles. The van der Waals surface area contributed by atoms with E-state index in [2.05, 4.69) is 5.10 Å². The second-order valence-corrected chi connectivity index (χ2v) is 11.3. The van der Waals surface area contributed by atoms with Crippen LogP contribution in [0.2, 0.25) is 0 Å².